The molecule has 2 rings (SSSR count). The van der Waals surface area contributed by atoms with E-state index in [1.807, 2.05) is 19.1 Å². The van der Waals surface area contributed by atoms with Crippen molar-refractivity contribution in [2.24, 2.45) is 0 Å². The maximum Gasteiger partial charge on any atom is 0.213 e. The molecule has 1 aromatic rings. The predicted octanol–water partition coefficient (Wildman–Crippen LogP) is 1.19. The summed E-state index contributed by atoms with van der Waals surface area (Å²) in [5.74, 6) is 0.707. The molecule has 1 aromatic heterocycles. The van der Waals surface area contributed by atoms with Gasteiger partial charge in [0, 0.05) is 18.3 Å². The average Bonchev–Trinajstić information content (AvgIpc) is 2.78. The Kier molecular flexibility index (Phi) is 3.87. The van der Waals surface area contributed by atoms with Crippen LogP contribution in [0.25, 0.3) is 0 Å². The first-order chi connectivity index (χ1) is 8.51. The topological polar surface area (TPSA) is 59.5 Å². The molecule has 100 valence electrons. The standard InChI is InChI=1S/C12H18N2O3S/c1-3-18(15,16)14-8-7-11(9-14)17-12-6-4-5-10(2)13-12/h4-6,11H,3,7-9H2,1-2H3. The van der Waals surface area contributed by atoms with E-state index >= 15 is 0 Å². The number of aryl methyl sites for hydroxylation is 1. The second kappa shape index (κ2) is 5.24. The highest BCUT2D eigenvalue weighted by atomic mass is 32.2. The zero-order valence-corrected chi connectivity index (χ0v) is 11.5. The summed E-state index contributed by atoms with van der Waals surface area (Å²) in [5, 5.41) is 0. The van der Waals surface area contributed by atoms with Gasteiger partial charge in [0.2, 0.25) is 15.9 Å². The lowest BCUT2D eigenvalue weighted by Crippen LogP contribution is -2.32. The third-order valence-corrected chi connectivity index (χ3v) is 4.86. The number of hydrogen-bond acceptors (Lipinski definition) is 4. The van der Waals surface area contributed by atoms with Gasteiger partial charge >= 0.3 is 0 Å². The minimum atomic E-state index is -3.10. The zero-order valence-electron chi connectivity index (χ0n) is 10.7. The van der Waals surface area contributed by atoms with Gasteiger partial charge in [-0.05, 0) is 26.3 Å². The first-order valence-electron chi connectivity index (χ1n) is 6.09. The highest BCUT2D eigenvalue weighted by Crippen LogP contribution is 2.19. The van der Waals surface area contributed by atoms with Gasteiger partial charge in [0.25, 0.3) is 0 Å². The van der Waals surface area contributed by atoms with Gasteiger partial charge in [-0.3, -0.25) is 0 Å². The normalized spacial score (nSPS) is 21.1. The third-order valence-electron chi connectivity index (χ3n) is 3.02. The van der Waals surface area contributed by atoms with E-state index in [2.05, 4.69) is 4.98 Å². The summed E-state index contributed by atoms with van der Waals surface area (Å²) in [6.45, 7) is 4.51. The molecule has 5 nitrogen and oxygen atoms in total. The number of hydrogen-bond donors (Lipinski definition) is 0. The van der Waals surface area contributed by atoms with E-state index < -0.39 is 10.0 Å². The highest BCUT2D eigenvalue weighted by Gasteiger charge is 2.31. The van der Waals surface area contributed by atoms with Crippen molar-refractivity contribution in [1.29, 1.82) is 0 Å². The number of rotatable bonds is 4. The largest absolute Gasteiger partial charge is 0.473 e. The molecule has 0 aliphatic carbocycles. The van der Waals surface area contributed by atoms with Crippen molar-refractivity contribution in [2.75, 3.05) is 18.8 Å². The smallest absolute Gasteiger partial charge is 0.213 e. The molecule has 18 heavy (non-hydrogen) atoms. The van der Waals surface area contributed by atoms with E-state index in [1.54, 1.807) is 13.0 Å². The summed E-state index contributed by atoms with van der Waals surface area (Å²) in [6.07, 6.45) is 0.620. The van der Waals surface area contributed by atoms with Gasteiger partial charge in [-0.1, -0.05) is 6.07 Å². The van der Waals surface area contributed by atoms with Gasteiger partial charge in [0.15, 0.2) is 0 Å². The molecule has 0 amide bonds. The van der Waals surface area contributed by atoms with Crippen LogP contribution in [-0.4, -0.2) is 42.7 Å². The Hall–Kier alpha value is -1.14. The SMILES string of the molecule is CCS(=O)(=O)N1CCC(Oc2cccc(C)n2)C1. The minimum Gasteiger partial charge on any atom is -0.473 e. The number of sulfonamides is 1. The molecule has 0 N–H and O–H groups in total. The van der Waals surface area contributed by atoms with E-state index in [9.17, 15) is 8.42 Å². The average molecular weight is 270 g/mol. The summed E-state index contributed by atoms with van der Waals surface area (Å²) in [7, 11) is -3.10. The van der Waals surface area contributed by atoms with E-state index in [4.69, 9.17) is 4.74 Å². The van der Waals surface area contributed by atoms with Gasteiger partial charge < -0.3 is 4.74 Å². The first kappa shape index (κ1) is 13.3. The number of aromatic nitrogens is 1. The molecule has 1 unspecified atom stereocenters. The van der Waals surface area contributed by atoms with Gasteiger partial charge in [0.05, 0.1) is 12.3 Å². The van der Waals surface area contributed by atoms with E-state index in [0.717, 1.165) is 12.1 Å². The Morgan fingerprint density at radius 1 is 1.50 bits per heavy atom. The van der Waals surface area contributed by atoms with Crippen LogP contribution in [0.3, 0.4) is 0 Å². The van der Waals surface area contributed by atoms with Crippen molar-refractivity contribution in [3.8, 4) is 5.88 Å². The minimum absolute atomic E-state index is 0.0966. The number of nitrogens with zero attached hydrogens (tertiary/aromatic N) is 2. The van der Waals surface area contributed by atoms with Crippen LogP contribution < -0.4 is 4.74 Å². The lowest BCUT2D eigenvalue weighted by atomic mass is 10.3. The van der Waals surface area contributed by atoms with Crippen LogP contribution in [0.15, 0.2) is 18.2 Å². The monoisotopic (exact) mass is 270 g/mol. The molecule has 1 atom stereocenters. The zero-order chi connectivity index (χ0) is 13.2. The van der Waals surface area contributed by atoms with Crippen LogP contribution in [0.4, 0.5) is 0 Å². The van der Waals surface area contributed by atoms with Crippen LogP contribution >= 0.6 is 0 Å². The van der Waals surface area contributed by atoms with Crippen molar-refractivity contribution < 1.29 is 13.2 Å². The van der Waals surface area contributed by atoms with Crippen molar-refractivity contribution in [3.05, 3.63) is 23.9 Å². The van der Waals surface area contributed by atoms with Gasteiger partial charge in [-0.15, -0.1) is 0 Å². The van der Waals surface area contributed by atoms with E-state index in [-0.39, 0.29) is 11.9 Å². The van der Waals surface area contributed by atoms with Crippen LogP contribution in [0.2, 0.25) is 0 Å². The highest BCUT2D eigenvalue weighted by molar-refractivity contribution is 7.89. The molecular weight excluding hydrogens is 252 g/mol. The van der Waals surface area contributed by atoms with E-state index in [0.29, 0.717) is 19.0 Å². The third kappa shape index (κ3) is 3.00. The Labute approximate surface area is 108 Å². The molecule has 0 radical (unpaired) electrons. The van der Waals surface area contributed by atoms with Gasteiger partial charge in [0.1, 0.15) is 6.10 Å². The molecule has 1 aliphatic heterocycles. The van der Waals surface area contributed by atoms with Crippen molar-refractivity contribution >= 4 is 10.0 Å². The summed E-state index contributed by atoms with van der Waals surface area (Å²) in [4.78, 5) is 4.25. The molecule has 0 saturated carbocycles. The summed E-state index contributed by atoms with van der Waals surface area (Å²) in [6, 6.07) is 5.58. The van der Waals surface area contributed by atoms with Gasteiger partial charge in [-0.2, -0.15) is 4.31 Å². The molecule has 1 fully saturated rings. The summed E-state index contributed by atoms with van der Waals surface area (Å²) < 4.78 is 30.6. The fraction of sp³-hybridized carbons (Fsp3) is 0.583. The molecule has 2 heterocycles. The fourth-order valence-corrected chi connectivity index (χ4v) is 3.13. The van der Waals surface area contributed by atoms with Crippen LogP contribution in [0.5, 0.6) is 5.88 Å². The van der Waals surface area contributed by atoms with Crippen LogP contribution in [0, 0.1) is 6.92 Å². The lowest BCUT2D eigenvalue weighted by Gasteiger charge is -2.15. The Morgan fingerprint density at radius 3 is 2.94 bits per heavy atom. The number of pyridine rings is 1. The molecule has 6 heteroatoms. The second-order valence-corrected chi connectivity index (χ2v) is 6.66. The van der Waals surface area contributed by atoms with Crippen LogP contribution in [-0.2, 0) is 10.0 Å². The Bertz CT molecular complexity index is 516. The maximum absolute atomic E-state index is 11.7. The van der Waals surface area contributed by atoms with Crippen molar-refractivity contribution in [2.45, 2.75) is 26.4 Å². The Morgan fingerprint density at radius 2 is 2.28 bits per heavy atom. The Balaban J connectivity index is 1.98. The van der Waals surface area contributed by atoms with Crippen LogP contribution in [0.1, 0.15) is 19.0 Å². The molecular formula is C12H18N2O3S. The predicted molar refractivity (Wildman–Crippen MR) is 69.0 cm³/mol. The van der Waals surface area contributed by atoms with Crippen molar-refractivity contribution in [3.63, 3.8) is 0 Å². The molecule has 1 aliphatic rings. The fourth-order valence-electron chi connectivity index (χ4n) is 1.98. The lowest BCUT2D eigenvalue weighted by molar-refractivity contribution is 0.206. The molecule has 1 saturated heterocycles. The van der Waals surface area contributed by atoms with Gasteiger partial charge in [-0.25, -0.2) is 13.4 Å². The molecule has 0 bridgehead atoms. The van der Waals surface area contributed by atoms with Crippen molar-refractivity contribution in [1.82, 2.24) is 9.29 Å². The van der Waals surface area contributed by atoms with E-state index in [1.165, 1.54) is 4.31 Å². The summed E-state index contributed by atoms with van der Waals surface area (Å²) in [5.41, 5.74) is 0.892. The molecule has 0 spiro atoms. The first-order valence-corrected chi connectivity index (χ1v) is 7.70. The summed E-state index contributed by atoms with van der Waals surface area (Å²) >= 11 is 0. The second-order valence-electron chi connectivity index (χ2n) is 4.40. The quantitative estimate of drug-likeness (QED) is 0.824. The maximum atomic E-state index is 11.7. The number of ether oxygens (including phenoxy) is 1. The molecule has 0 aromatic carbocycles.